The molecular weight excluding hydrogens is 399 g/mol. The Hall–Kier alpha value is -0.360. The van der Waals surface area contributed by atoms with Crippen molar-refractivity contribution in [1.29, 1.82) is 0 Å². The number of hydrogen-bond acceptors (Lipinski definition) is 2. The zero-order chi connectivity index (χ0) is 23.4. The average Bonchev–Trinajstić information content (AvgIpc) is 2.76. The van der Waals surface area contributed by atoms with Crippen molar-refractivity contribution in [2.24, 2.45) is 0 Å². The van der Waals surface area contributed by atoms with Gasteiger partial charge in [-0.15, -0.1) is 0 Å². The molecule has 3 heteroatoms. The number of rotatable bonds is 22. The van der Waals surface area contributed by atoms with Crippen LogP contribution in [0.2, 0.25) is 0 Å². The second kappa shape index (κ2) is 20.3. The van der Waals surface area contributed by atoms with E-state index in [-0.39, 0.29) is 11.8 Å². The third kappa shape index (κ3) is 15.2. The van der Waals surface area contributed by atoms with Crippen LogP contribution in [-0.4, -0.2) is 30.3 Å². The second-order valence-corrected chi connectivity index (χ2v) is 14.5. The van der Waals surface area contributed by atoms with Gasteiger partial charge in [0.2, 0.25) is 5.85 Å². The van der Waals surface area contributed by atoms with Crippen molar-refractivity contribution in [3.05, 3.63) is 12.2 Å². The van der Waals surface area contributed by atoms with Crippen LogP contribution in [0.25, 0.3) is 0 Å². The maximum absolute atomic E-state index is 12.0. The van der Waals surface area contributed by atoms with Crippen LogP contribution >= 0.6 is 7.26 Å². The van der Waals surface area contributed by atoms with Crippen molar-refractivity contribution in [2.45, 2.75) is 143 Å². The molecule has 0 aliphatic carbocycles. The summed E-state index contributed by atoms with van der Waals surface area (Å²) in [5, 5.41) is 0. The molecule has 1 unspecified atom stereocenters. The van der Waals surface area contributed by atoms with Crippen LogP contribution in [0.5, 0.6) is 0 Å². The van der Waals surface area contributed by atoms with E-state index in [1.807, 2.05) is 0 Å². The highest BCUT2D eigenvalue weighted by Gasteiger charge is 2.41. The molecule has 0 aliphatic heterocycles. The molecule has 0 aliphatic rings. The first-order valence-electron chi connectivity index (χ1n) is 13.7. The fourth-order valence-corrected chi connectivity index (χ4v) is 8.22. The van der Waals surface area contributed by atoms with E-state index in [1.165, 1.54) is 121 Å². The van der Waals surface area contributed by atoms with Crippen LogP contribution in [0.4, 0.5) is 0 Å². The smallest absolute Gasteiger partial charge is 0.336 e. The van der Waals surface area contributed by atoms with Gasteiger partial charge in [-0.1, -0.05) is 103 Å². The van der Waals surface area contributed by atoms with Crippen LogP contribution < -0.4 is 0 Å². The van der Waals surface area contributed by atoms with Crippen LogP contribution in [0.3, 0.4) is 0 Å². The fourth-order valence-electron chi connectivity index (χ4n) is 4.58. The molecule has 0 rings (SSSR count). The van der Waals surface area contributed by atoms with Gasteiger partial charge >= 0.3 is 5.97 Å². The number of hydrogen-bond donors (Lipinski definition) is 0. The predicted octanol–water partition coefficient (Wildman–Crippen LogP) is 9.77. The molecule has 0 aromatic heterocycles. The van der Waals surface area contributed by atoms with Gasteiger partial charge in [0.15, 0.2) is 0 Å². The van der Waals surface area contributed by atoms with Gasteiger partial charge < -0.3 is 4.74 Å². The van der Waals surface area contributed by atoms with Gasteiger partial charge in [0.25, 0.3) is 0 Å². The van der Waals surface area contributed by atoms with E-state index >= 15 is 0 Å². The van der Waals surface area contributed by atoms with Crippen LogP contribution in [0.1, 0.15) is 137 Å². The van der Waals surface area contributed by atoms with Gasteiger partial charge in [-0.2, -0.15) is 0 Å². The van der Waals surface area contributed by atoms with Crippen LogP contribution in [0.15, 0.2) is 12.2 Å². The maximum atomic E-state index is 12.0. The van der Waals surface area contributed by atoms with Gasteiger partial charge in [-0.25, -0.2) is 4.79 Å². The molecule has 0 heterocycles. The number of carbonyl (C=O) groups is 1. The van der Waals surface area contributed by atoms with Crippen molar-refractivity contribution >= 4 is 13.2 Å². The number of unbranched alkanes of at least 4 members (excludes halogenated alkanes) is 15. The molecule has 0 saturated heterocycles. The Morgan fingerprint density at radius 2 is 1.06 bits per heavy atom. The summed E-state index contributed by atoms with van der Waals surface area (Å²) in [7, 11) is -1.21. The first-order valence-corrected chi connectivity index (χ1v) is 16.1. The first kappa shape index (κ1) is 30.6. The molecule has 0 amide bonds. The van der Waals surface area contributed by atoms with E-state index in [0.717, 1.165) is 0 Å². The average molecular weight is 456 g/mol. The minimum Gasteiger partial charge on any atom is -0.425 e. The van der Waals surface area contributed by atoms with Crippen LogP contribution in [-0.2, 0) is 9.53 Å². The summed E-state index contributed by atoms with van der Waals surface area (Å²) in [6, 6.07) is 0. The summed E-state index contributed by atoms with van der Waals surface area (Å²) >= 11 is 0. The zero-order valence-corrected chi connectivity index (χ0v) is 22.9. The van der Waals surface area contributed by atoms with Crippen molar-refractivity contribution in [1.82, 2.24) is 0 Å². The standard InChI is InChI=1S/C28H56O2P/c1-7-10-11-12-13-14-15-16-17-18-19-20-21-22-23-24-25-31(8-2,9-3)27(6)30-28(29)26(4)5/h27H,4,7-25H2,1-3,5-6H3/q+1. The Morgan fingerprint density at radius 3 is 1.39 bits per heavy atom. The molecule has 184 valence electrons. The topological polar surface area (TPSA) is 26.3 Å². The highest BCUT2D eigenvalue weighted by molar-refractivity contribution is 7.76. The first-order chi connectivity index (χ1) is 14.9. The molecule has 0 N–H and O–H groups in total. The van der Waals surface area contributed by atoms with Gasteiger partial charge in [0.1, 0.15) is 0 Å². The minimum absolute atomic E-state index is 0.0723. The quantitative estimate of drug-likeness (QED) is 0.0702. The molecule has 0 aromatic carbocycles. The van der Waals surface area contributed by atoms with Gasteiger partial charge in [-0.05, 0) is 33.6 Å². The molecule has 0 saturated carbocycles. The number of esters is 1. The predicted molar refractivity (Wildman–Crippen MR) is 143 cm³/mol. The largest absolute Gasteiger partial charge is 0.425 e. The second-order valence-electron chi connectivity index (χ2n) is 9.66. The normalized spacial score (nSPS) is 12.7. The summed E-state index contributed by atoms with van der Waals surface area (Å²) in [6.07, 6.45) is 26.2. The maximum Gasteiger partial charge on any atom is 0.336 e. The number of carbonyl (C=O) groups excluding carboxylic acids is 1. The van der Waals surface area contributed by atoms with E-state index in [1.54, 1.807) is 6.92 Å². The van der Waals surface area contributed by atoms with Crippen molar-refractivity contribution in [3.8, 4) is 0 Å². The number of ether oxygens (including phenoxy) is 1. The Kier molecular flexibility index (Phi) is 20.0. The van der Waals surface area contributed by atoms with E-state index < -0.39 is 7.26 Å². The van der Waals surface area contributed by atoms with E-state index in [4.69, 9.17) is 4.74 Å². The highest BCUT2D eigenvalue weighted by atomic mass is 31.2. The fraction of sp³-hybridized carbons (Fsp3) is 0.893. The van der Waals surface area contributed by atoms with E-state index in [9.17, 15) is 4.79 Å². The molecule has 0 radical (unpaired) electrons. The summed E-state index contributed by atoms with van der Waals surface area (Å²) in [5.41, 5.74) is 0.513. The van der Waals surface area contributed by atoms with Crippen molar-refractivity contribution < 1.29 is 9.53 Å². The lowest BCUT2D eigenvalue weighted by Gasteiger charge is -2.30. The van der Waals surface area contributed by atoms with Gasteiger partial charge in [0, 0.05) is 12.5 Å². The Bertz CT molecular complexity index is 442. The molecule has 31 heavy (non-hydrogen) atoms. The van der Waals surface area contributed by atoms with E-state index in [0.29, 0.717) is 5.57 Å². The lowest BCUT2D eigenvalue weighted by atomic mass is 10.0. The molecule has 0 spiro atoms. The Labute approximate surface area is 196 Å². The molecule has 1 atom stereocenters. The van der Waals surface area contributed by atoms with Crippen LogP contribution in [0, 0.1) is 0 Å². The lowest BCUT2D eigenvalue weighted by Crippen LogP contribution is -2.24. The summed E-state index contributed by atoms with van der Waals surface area (Å²) in [6.45, 7) is 14.4. The van der Waals surface area contributed by atoms with Gasteiger partial charge in [0.05, 0.1) is 25.7 Å². The SMILES string of the molecule is C=C(C)C(=O)OC(C)[P+](CC)(CC)CCCCCCCCCCCCCCCCCC. The minimum atomic E-state index is -1.21. The molecule has 0 fully saturated rings. The molecule has 0 aromatic rings. The van der Waals surface area contributed by atoms with Crippen molar-refractivity contribution in [2.75, 3.05) is 18.5 Å². The lowest BCUT2D eigenvalue weighted by molar-refractivity contribution is -0.140. The highest BCUT2D eigenvalue weighted by Crippen LogP contribution is 2.63. The molecular formula is C28H56O2P+. The Balaban J connectivity index is 3.72. The van der Waals surface area contributed by atoms with Gasteiger partial charge in [-0.3, -0.25) is 0 Å². The third-order valence-electron chi connectivity index (χ3n) is 7.11. The van der Waals surface area contributed by atoms with E-state index in [2.05, 4.69) is 34.3 Å². The van der Waals surface area contributed by atoms with Crippen molar-refractivity contribution in [3.63, 3.8) is 0 Å². The third-order valence-corrected chi connectivity index (χ3v) is 12.5. The monoisotopic (exact) mass is 455 g/mol. The summed E-state index contributed by atoms with van der Waals surface area (Å²) in [4.78, 5) is 12.0. The molecule has 2 nitrogen and oxygen atoms in total. The molecule has 0 bridgehead atoms. The summed E-state index contributed by atoms with van der Waals surface area (Å²) in [5.74, 6) is -0.145. The summed E-state index contributed by atoms with van der Waals surface area (Å²) < 4.78 is 5.75. The zero-order valence-electron chi connectivity index (χ0n) is 22.0. The Morgan fingerprint density at radius 1 is 0.710 bits per heavy atom.